The first-order valence-electron chi connectivity index (χ1n) is 11.9. The molecule has 10 nitrogen and oxygen atoms in total. The molecule has 0 bridgehead atoms. The zero-order chi connectivity index (χ0) is 26.5. The Bertz CT molecular complexity index is 1350. The number of nitrogens with one attached hydrogen (secondary N) is 1. The van der Waals surface area contributed by atoms with Crippen molar-refractivity contribution in [2.24, 2.45) is 10.9 Å². The number of nitrogens with zero attached hydrogens (tertiary/aromatic N) is 6. The molecule has 1 saturated heterocycles. The number of aryl methyl sites for hydroxylation is 1. The Balaban J connectivity index is 1.40. The van der Waals surface area contributed by atoms with Gasteiger partial charge in [0.05, 0.1) is 17.2 Å². The first-order valence-corrected chi connectivity index (χ1v) is 13.3. The number of carbonyl (C=O) groups excluding carboxylic acids is 1. The fraction of sp³-hybridized carbons (Fsp3) is 0.478. The Morgan fingerprint density at radius 1 is 1.16 bits per heavy atom. The third-order valence-electron chi connectivity index (χ3n) is 7.01. The van der Waals surface area contributed by atoms with Crippen molar-refractivity contribution in [2.75, 3.05) is 19.6 Å². The molecule has 198 valence electrons. The minimum absolute atomic E-state index is 0.0555. The third kappa shape index (κ3) is 4.58. The van der Waals surface area contributed by atoms with Crippen LogP contribution < -0.4 is 5.32 Å². The van der Waals surface area contributed by atoms with Crippen molar-refractivity contribution in [2.45, 2.75) is 49.5 Å². The lowest BCUT2D eigenvalue weighted by Crippen LogP contribution is -2.43. The lowest BCUT2D eigenvalue weighted by molar-refractivity contribution is -0.123. The number of carbonyl (C=O) groups is 1. The highest BCUT2D eigenvalue weighted by atomic mass is 32.2. The summed E-state index contributed by atoms with van der Waals surface area (Å²) in [6, 6.07) is 5.27. The van der Waals surface area contributed by atoms with Crippen LogP contribution in [0.4, 0.5) is 18.0 Å². The average molecular weight is 538 g/mol. The highest BCUT2D eigenvalue weighted by molar-refractivity contribution is 7.89. The molecule has 0 spiro atoms. The van der Waals surface area contributed by atoms with Crippen LogP contribution in [-0.4, -0.2) is 76.6 Å². The smallest absolute Gasteiger partial charge is 0.329 e. The van der Waals surface area contributed by atoms with Crippen LogP contribution in [-0.2, 0) is 10.0 Å². The molecule has 37 heavy (non-hydrogen) atoms. The fourth-order valence-electron chi connectivity index (χ4n) is 5.08. The van der Waals surface area contributed by atoms with Gasteiger partial charge in [-0.25, -0.2) is 17.5 Å². The number of amides is 2. The molecule has 2 amide bonds. The van der Waals surface area contributed by atoms with E-state index < -0.39 is 41.0 Å². The SMILES string of the molecule is CCC1CN(C(=O)NCC(F)(F)F)CC1c1nnc2n1C1C=CN(S(=O)(=O)c3ccc(C)cc3)C1N=C2. The first kappa shape index (κ1) is 25.2. The number of urea groups is 1. The number of aromatic nitrogens is 3. The van der Waals surface area contributed by atoms with Gasteiger partial charge < -0.3 is 10.2 Å². The molecule has 0 saturated carbocycles. The molecule has 4 atom stereocenters. The van der Waals surface area contributed by atoms with Crippen molar-refractivity contribution in [1.82, 2.24) is 29.3 Å². The molecule has 2 aromatic rings. The van der Waals surface area contributed by atoms with E-state index in [1.807, 2.05) is 23.7 Å². The molecule has 1 aromatic carbocycles. The van der Waals surface area contributed by atoms with Gasteiger partial charge in [-0.3, -0.25) is 9.56 Å². The van der Waals surface area contributed by atoms with Gasteiger partial charge in [-0.1, -0.05) is 31.0 Å². The number of hydrogen-bond donors (Lipinski definition) is 1. The lowest BCUT2D eigenvalue weighted by atomic mass is 9.92. The monoisotopic (exact) mass is 537 g/mol. The summed E-state index contributed by atoms with van der Waals surface area (Å²) < 4.78 is 67.5. The molecule has 1 fully saturated rings. The van der Waals surface area contributed by atoms with Crippen LogP contribution >= 0.6 is 0 Å². The van der Waals surface area contributed by atoms with Crippen LogP contribution in [0, 0.1) is 12.8 Å². The van der Waals surface area contributed by atoms with E-state index in [1.54, 1.807) is 30.3 Å². The summed E-state index contributed by atoms with van der Waals surface area (Å²) in [5.41, 5.74) is 0.937. The van der Waals surface area contributed by atoms with Crippen LogP contribution in [0.15, 0.2) is 46.4 Å². The highest BCUT2D eigenvalue weighted by Crippen LogP contribution is 2.40. The van der Waals surface area contributed by atoms with Gasteiger partial charge in [0.25, 0.3) is 10.0 Å². The quantitative estimate of drug-likeness (QED) is 0.630. The van der Waals surface area contributed by atoms with E-state index >= 15 is 0 Å². The number of sulfonamides is 1. The number of benzene rings is 1. The second kappa shape index (κ2) is 9.15. The molecule has 0 aliphatic carbocycles. The zero-order valence-electron chi connectivity index (χ0n) is 20.1. The van der Waals surface area contributed by atoms with E-state index in [4.69, 9.17) is 0 Å². The second-order valence-electron chi connectivity index (χ2n) is 9.41. The minimum atomic E-state index is -4.50. The first-order chi connectivity index (χ1) is 17.5. The summed E-state index contributed by atoms with van der Waals surface area (Å²) in [7, 11) is -3.87. The molecule has 4 unspecified atom stereocenters. The highest BCUT2D eigenvalue weighted by Gasteiger charge is 2.45. The summed E-state index contributed by atoms with van der Waals surface area (Å²) >= 11 is 0. The number of halogens is 3. The second-order valence-corrected chi connectivity index (χ2v) is 11.3. The van der Waals surface area contributed by atoms with E-state index in [1.165, 1.54) is 21.6 Å². The van der Waals surface area contributed by atoms with Crippen LogP contribution in [0.3, 0.4) is 0 Å². The van der Waals surface area contributed by atoms with Gasteiger partial charge in [0.15, 0.2) is 12.0 Å². The summed E-state index contributed by atoms with van der Waals surface area (Å²) in [6.07, 6.45) is 0.0879. The maximum atomic E-state index is 13.4. The largest absolute Gasteiger partial charge is 0.405 e. The number of fused-ring (bicyclic) bond motifs is 3. The van der Waals surface area contributed by atoms with Gasteiger partial charge in [0, 0.05) is 25.2 Å². The summed E-state index contributed by atoms with van der Waals surface area (Å²) in [5.74, 6) is 0.657. The number of rotatable bonds is 5. The topological polar surface area (TPSA) is 113 Å². The van der Waals surface area contributed by atoms with Crippen molar-refractivity contribution in [3.63, 3.8) is 0 Å². The molecule has 1 aromatic heterocycles. The van der Waals surface area contributed by atoms with Gasteiger partial charge in [-0.15, -0.1) is 10.2 Å². The normalized spacial score (nSPS) is 24.9. The van der Waals surface area contributed by atoms with Gasteiger partial charge in [0.1, 0.15) is 12.4 Å². The van der Waals surface area contributed by atoms with Crippen molar-refractivity contribution in [3.8, 4) is 0 Å². The fourth-order valence-corrected chi connectivity index (χ4v) is 6.49. The molecular weight excluding hydrogens is 511 g/mol. The van der Waals surface area contributed by atoms with E-state index in [9.17, 15) is 26.4 Å². The van der Waals surface area contributed by atoms with Crippen LogP contribution in [0.1, 0.15) is 42.5 Å². The Labute approximate surface area is 211 Å². The number of aliphatic imine (C=N–C) groups is 1. The molecule has 1 N–H and O–H groups in total. The van der Waals surface area contributed by atoms with Crippen LogP contribution in [0.5, 0.6) is 0 Å². The van der Waals surface area contributed by atoms with Crippen LogP contribution in [0.2, 0.25) is 0 Å². The molecule has 3 aliphatic heterocycles. The van der Waals surface area contributed by atoms with Crippen molar-refractivity contribution in [1.29, 1.82) is 0 Å². The van der Waals surface area contributed by atoms with E-state index in [2.05, 4.69) is 15.2 Å². The lowest BCUT2D eigenvalue weighted by Gasteiger charge is -2.30. The van der Waals surface area contributed by atoms with E-state index in [-0.39, 0.29) is 29.8 Å². The van der Waals surface area contributed by atoms with Crippen molar-refractivity contribution in [3.05, 3.63) is 53.8 Å². The van der Waals surface area contributed by atoms with Gasteiger partial charge in [0.2, 0.25) is 0 Å². The number of hydrogen-bond acceptors (Lipinski definition) is 6. The van der Waals surface area contributed by atoms with E-state index in [0.29, 0.717) is 18.1 Å². The Hall–Kier alpha value is -3.42. The third-order valence-corrected chi connectivity index (χ3v) is 8.77. The zero-order valence-corrected chi connectivity index (χ0v) is 20.9. The summed E-state index contributed by atoms with van der Waals surface area (Å²) in [6.45, 7) is 2.86. The standard InChI is InChI=1S/C23H26F3N7O3S/c1-3-15-11-31(22(34)28-13-23(24,25)26)12-17(15)20-30-29-19-10-27-21-18(33(19)20)8-9-32(21)37(35,36)16-6-4-14(2)5-7-16/h4-10,15,17-18,21H,3,11-13H2,1-2H3,(H,28,34). The Morgan fingerprint density at radius 2 is 1.89 bits per heavy atom. The number of alkyl halides is 3. The summed E-state index contributed by atoms with van der Waals surface area (Å²) in [4.78, 5) is 18.4. The minimum Gasteiger partial charge on any atom is -0.329 e. The van der Waals surface area contributed by atoms with Gasteiger partial charge >= 0.3 is 12.2 Å². The molecular formula is C23H26F3N7O3S. The number of likely N-dealkylation sites (tertiary alicyclic amines) is 1. The van der Waals surface area contributed by atoms with Crippen molar-refractivity contribution >= 4 is 22.3 Å². The summed E-state index contributed by atoms with van der Waals surface area (Å²) in [5, 5.41) is 10.5. The maximum Gasteiger partial charge on any atom is 0.405 e. The van der Waals surface area contributed by atoms with Gasteiger partial charge in [-0.2, -0.15) is 13.2 Å². The Kier molecular flexibility index (Phi) is 6.24. The van der Waals surface area contributed by atoms with Crippen LogP contribution in [0.25, 0.3) is 0 Å². The van der Waals surface area contributed by atoms with Crippen molar-refractivity contribution < 1.29 is 26.4 Å². The predicted octanol–water partition coefficient (Wildman–Crippen LogP) is 2.80. The average Bonchev–Trinajstić information content (AvgIpc) is 3.57. The maximum absolute atomic E-state index is 13.4. The van der Waals surface area contributed by atoms with E-state index in [0.717, 1.165) is 5.56 Å². The predicted molar refractivity (Wildman–Crippen MR) is 127 cm³/mol. The van der Waals surface area contributed by atoms with Gasteiger partial charge in [-0.05, 0) is 31.1 Å². The molecule has 4 heterocycles. The molecule has 3 aliphatic rings. The molecule has 5 rings (SSSR count). The molecule has 0 radical (unpaired) electrons. The Morgan fingerprint density at radius 3 is 2.57 bits per heavy atom. The molecule has 14 heteroatoms.